The third-order valence-corrected chi connectivity index (χ3v) is 3.27. The van der Waals surface area contributed by atoms with Gasteiger partial charge in [-0.1, -0.05) is 11.6 Å². The Kier molecular flexibility index (Phi) is 5.08. The number of ether oxygens (including phenoxy) is 2. The molecule has 9 heteroatoms. The minimum atomic E-state index is -1.14. The predicted molar refractivity (Wildman–Crippen MR) is 88.7 cm³/mol. The summed E-state index contributed by atoms with van der Waals surface area (Å²) in [6, 6.07) is 4.64. The molecule has 24 heavy (non-hydrogen) atoms. The Hall–Kier alpha value is -2.61. The first kappa shape index (κ1) is 17.7. The van der Waals surface area contributed by atoms with E-state index in [0.29, 0.717) is 11.6 Å². The third-order valence-electron chi connectivity index (χ3n) is 3.08. The fraction of sp³-hybridized carbons (Fsp3) is 0.333. The number of hydrogen-bond donors (Lipinski definition) is 1. The molecule has 8 nitrogen and oxygen atoms in total. The molecule has 2 aromatic rings. The monoisotopic (exact) mass is 352 g/mol. The van der Waals surface area contributed by atoms with Crippen molar-refractivity contribution in [2.24, 2.45) is 7.05 Å². The van der Waals surface area contributed by atoms with E-state index in [0.717, 1.165) is 4.68 Å². The van der Waals surface area contributed by atoms with Gasteiger partial charge in [-0.25, -0.2) is 14.5 Å². The molecule has 0 radical (unpaired) electrons. The van der Waals surface area contributed by atoms with E-state index in [1.54, 1.807) is 26.0 Å². The lowest BCUT2D eigenvalue weighted by Gasteiger charge is -2.23. The first-order valence-electron chi connectivity index (χ1n) is 6.97. The number of anilines is 2. The van der Waals surface area contributed by atoms with Crippen LogP contribution in [0, 0.1) is 0 Å². The summed E-state index contributed by atoms with van der Waals surface area (Å²) in [5.41, 5.74) is -1.23. The second-order valence-electron chi connectivity index (χ2n) is 5.42. The Morgan fingerprint density at radius 3 is 2.67 bits per heavy atom. The summed E-state index contributed by atoms with van der Waals surface area (Å²) in [5.74, 6) is 0.300. The van der Waals surface area contributed by atoms with E-state index in [2.05, 4.69) is 20.1 Å². The molecule has 2 heterocycles. The van der Waals surface area contributed by atoms with Crippen molar-refractivity contribution in [2.45, 2.75) is 19.4 Å². The summed E-state index contributed by atoms with van der Waals surface area (Å²) in [4.78, 5) is 27.7. The Labute approximate surface area is 143 Å². The van der Waals surface area contributed by atoms with E-state index in [1.807, 2.05) is 0 Å². The minimum Gasteiger partial charge on any atom is -0.475 e. The van der Waals surface area contributed by atoms with Crippen LogP contribution in [-0.4, -0.2) is 33.4 Å². The Bertz CT molecular complexity index is 802. The standard InChI is InChI=1S/C15H17ClN4O4/c1-15(2,14(22)23-4)24-9-5-6-12(17-8-9)18-10-7-11(16)19-20(3)13(10)21/h5-8H,1-4H3,(H,17,18). The number of pyridine rings is 1. The van der Waals surface area contributed by atoms with E-state index in [4.69, 9.17) is 16.3 Å². The molecule has 0 atom stereocenters. The molecule has 0 spiro atoms. The van der Waals surface area contributed by atoms with Gasteiger partial charge < -0.3 is 14.8 Å². The molecule has 1 N–H and O–H groups in total. The number of aryl methyl sites for hydroxylation is 1. The summed E-state index contributed by atoms with van der Waals surface area (Å²) < 4.78 is 11.4. The van der Waals surface area contributed by atoms with Crippen LogP contribution in [0.5, 0.6) is 5.75 Å². The topological polar surface area (TPSA) is 95.3 Å². The van der Waals surface area contributed by atoms with Crippen LogP contribution in [0.4, 0.5) is 11.5 Å². The first-order chi connectivity index (χ1) is 11.2. The zero-order chi connectivity index (χ0) is 17.9. The maximum Gasteiger partial charge on any atom is 0.349 e. The maximum atomic E-state index is 12.0. The van der Waals surface area contributed by atoms with Crippen LogP contribution in [0.2, 0.25) is 5.15 Å². The molecular weight excluding hydrogens is 336 g/mol. The molecule has 0 amide bonds. The van der Waals surface area contributed by atoms with Gasteiger partial charge in [-0.3, -0.25) is 4.79 Å². The highest BCUT2D eigenvalue weighted by Crippen LogP contribution is 2.21. The van der Waals surface area contributed by atoms with Crippen LogP contribution in [0.3, 0.4) is 0 Å². The highest BCUT2D eigenvalue weighted by atomic mass is 35.5. The van der Waals surface area contributed by atoms with Crippen molar-refractivity contribution in [3.63, 3.8) is 0 Å². The number of methoxy groups -OCH3 is 1. The Balaban J connectivity index is 2.16. The lowest BCUT2D eigenvalue weighted by Crippen LogP contribution is -2.39. The van der Waals surface area contributed by atoms with Crippen molar-refractivity contribution in [1.29, 1.82) is 0 Å². The van der Waals surface area contributed by atoms with Gasteiger partial charge in [0.2, 0.25) is 0 Å². The van der Waals surface area contributed by atoms with Crippen LogP contribution < -0.4 is 15.6 Å². The molecule has 0 unspecified atom stereocenters. The third kappa shape index (κ3) is 4.02. The molecule has 2 aromatic heterocycles. The summed E-state index contributed by atoms with van der Waals surface area (Å²) >= 11 is 5.83. The summed E-state index contributed by atoms with van der Waals surface area (Å²) in [5, 5.41) is 6.84. The highest BCUT2D eigenvalue weighted by Gasteiger charge is 2.31. The number of rotatable bonds is 5. The van der Waals surface area contributed by atoms with E-state index in [-0.39, 0.29) is 16.4 Å². The van der Waals surface area contributed by atoms with Gasteiger partial charge in [0.05, 0.1) is 13.3 Å². The van der Waals surface area contributed by atoms with Crippen LogP contribution in [0.25, 0.3) is 0 Å². The predicted octanol–water partition coefficient (Wildman–Crippen LogP) is 1.90. The summed E-state index contributed by atoms with van der Waals surface area (Å²) in [6.45, 7) is 3.18. The molecule has 0 aliphatic carbocycles. The lowest BCUT2D eigenvalue weighted by atomic mass is 10.1. The number of halogens is 1. The van der Waals surface area contributed by atoms with Gasteiger partial charge in [-0.05, 0) is 26.0 Å². The van der Waals surface area contributed by atoms with Gasteiger partial charge >= 0.3 is 5.97 Å². The summed E-state index contributed by atoms with van der Waals surface area (Å²) in [7, 11) is 2.79. The minimum absolute atomic E-state index is 0.180. The van der Waals surface area contributed by atoms with Gasteiger partial charge in [-0.2, -0.15) is 5.10 Å². The van der Waals surface area contributed by atoms with Crippen molar-refractivity contribution in [3.05, 3.63) is 39.9 Å². The number of nitrogens with zero attached hydrogens (tertiary/aromatic N) is 3. The maximum absolute atomic E-state index is 12.0. The van der Waals surface area contributed by atoms with Gasteiger partial charge in [-0.15, -0.1) is 0 Å². The fourth-order valence-electron chi connectivity index (χ4n) is 1.90. The number of carbonyl (C=O) groups is 1. The number of nitrogens with one attached hydrogen (secondary N) is 1. The second-order valence-corrected chi connectivity index (χ2v) is 5.80. The van der Waals surface area contributed by atoms with Gasteiger partial charge in [0.15, 0.2) is 10.8 Å². The van der Waals surface area contributed by atoms with E-state index < -0.39 is 11.6 Å². The Morgan fingerprint density at radius 2 is 2.08 bits per heavy atom. The molecule has 0 bridgehead atoms. The van der Waals surface area contributed by atoms with Crippen molar-refractivity contribution in [1.82, 2.24) is 14.8 Å². The lowest BCUT2D eigenvalue weighted by molar-refractivity contribution is -0.156. The van der Waals surface area contributed by atoms with E-state index in [1.165, 1.54) is 26.4 Å². The van der Waals surface area contributed by atoms with Crippen LogP contribution in [0.1, 0.15) is 13.8 Å². The number of carbonyl (C=O) groups excluding carboxylic acids is 1. The second kappa shape index (κ2) is 6.88. The van der Waals surface area contributed by atoms with Crippen LogP contribution in [-0.2, 0) is 16.6 Å². The van der Waals surface area contributed by atoms with Gasteiger partial charge in [0.1, 0.15) is 17.3 Å². The van der Waals surface area contributed by atoms with E-state index in [9.17, 15) is 9.59 Å². The normalized spacial score (nSPS) is 11.0. The molecule has 0 aliphatic rings. The van der Waals surface area contributed by atoms with Crippen LogP contribution >= 0.6 is 11.6 Å². The smallest absolute Gasteiger partial charge is 0.349 e. The molecule has 0 aromatic carbocycles. The number of aromatic nitrogens is 3. The highest BCUT2D eigenvalue weighted by molar-refractivity contribution is 6.29. The van der Waals surface area contributed by atoms with Crippen molar-refractivity contribution < 1.29 is 14.3 Å². The fourth-order valence-corrected chi connectivity index (χ4v) is 2.12. The van der Waals surface area contributed by atoms with Gasteiger partial charge in [0, 0.05) is 13.1 Å². The molecule has 0 saturated heterocycles. The first-order valence-corrected chi connectivity index (χ1v) is 7.35. The quantitative estimate of drug-likeness (QED) is 0.821. The molecule has 0 fully saturated rings. The molecule has 2 rings (SSSR count). The van der Waals surface area contributed by atoms with Crippen molar-refractivity contribution >= 4 is 29.1 Å². The average molecular weight is 353 g/mol. The van der Waals surface area contributed by atoms with Crippen molar-refractivity contribution in [2.75, 3.05) is 12.4 Å². The zero-order valence-corrected chi connectivity index (χ0v) is 14.4. The van der Waals surface area contributed by atoms with Crippen LogP contribution in [0.15, 0.2) is 29.2 Å². The SMILES string of the molecule is COC(=O)C(C)(C)Oc1ccc(Nc2cc(Cl)nn(C)c2=O)nc1. The average Bonchev–Trinajstić information content (AvgIpc) is 2.52. The van der Waals surface area contributed by atoms with E-state index >= 15 is 0 Å². The number of esters is 1. The largest absolute Gasteiger partial charge is 0.475 e. The zero-order valence-electron chi connectivity index (χ0n) is 13.7. The summed E-state index contributed by atoms with van der Waals surface area (Å²) in [6.07, 6.45) is 1.43. The molecular formula is C15H17ClN4O4. The van der Waals surface area contributed by atoms with Gasteiger partial charge in [0.25, 0.3) is 5.56 Å². The molecule has 128 valence electrons. The Morgan fingerprint density at radius 1 is 1.38 bits per heavy atom. The molecule has 0 aliphatic heterocycles. The van der Waals surface area contributed by atoms with Crippen molar-refractivity contribution in [3.8, 4) is 5.75 Å². The molecule has 0 saturated carbocycles. The number of hydrogen-bond acceptors (Lipinski definition) is 7.